The normalized spacial score (nSPS) is 15.1. The predicted octanol–water partition coefficient (Wildman–Crippen LogP) is 3.96. The molecule has 9 nitrogen and oxygen atoms in total. The van der Waals surface area contributed by atoms with Crippen molar-refractivity contribution in [2.75, 3.05) is 23.0 Å². The van der Waals surface area contributed by atoms with Gasteiger partial charge in [-0.1, -0.05) is 53.4 Å². The Morgan fingerprint density at radius 2 is 1.79 bits per heavy atom. The van der Waals surface area contributed by atoms with E-state index >= 15 is 0 Å². The van der Waals surface area contributed by atoms with Crippen LogP contribution in [0, 0.1) is 0 Å². The molecular formula is C26H26N2O7S4. The number of benzene rings is 3. The predicted molar refractivity (Wildman–Crippen MR) is 153 cm³/mol. The third kappa shape index (κ3) is 6.46. The Morgan fingerprint density at radius 3 is 2.54 bits per heavy atom. The summed E-state index contributed by atoms with van der Waals surface area (Å²) in [4.78, 5) is 2.89. The monoisotopic (exact) mass is 606 g/mol. The van der Waals surface area contributed by atoms with Gasteiger partial charge < -0.3 is 14.6 Å². The molecule has 0 fully saturated rings. The summed E-state index contributed by atoms with van der Waals surface area (Å²) in [6.07, 6.45) is 2.34. The lowest BCUT2D eigenvalue weighted by atomic mass is 10.1. The van der Waals surface area contributed by atoms with E-state index in [0.717, 1.165) is 41.6 Å². The maximum absolute atomic E-state index is 11.4. The number of aliphatic hydroxyl groups is 1. The van der Waals surface area contributed by atoms with Gasteiger partial charge in [-0.15, -0.1) is 0 Å². The molecule has 0 saturated heterocycles. The zero-order chi connectivity index (χ0) is 27.8. The van der Waals surface area contributed by atoms with Crippen molar-refractivity contribution in [3.8, 4) is 0 Å². The van der Waals surface area contributed by atoms with Crippen LogP contribution in [-0.2, 0) is 33.4 Å². The second-order valence-corrected chi connectivity index (χ2v) is 14.4. The Bertz CT molecular complexity index is 1800. The van der Waals surface area contributed by atoms with Crippen LogP contribution in [0.2, 0.25) is 0 Å². The van der Waals surface area contributed by atoms with Crippen molar-refractivity contribution in [3.63, 3.8) is 0 Å². The fourth-order valence-corrected chi connectivity index (χ4v) is 7.99. The van der Waals surface area contributed by atoms with Gasteiger partial charge in [0.05, 0.1) is 44.7 Å². The summed E-state index contributed by atoms with van der Waals surface area (Å²) >= 11 is 3.05. The highest BCUT2D eigenvalue weighted by molar-refractivity contribution is 8.04. The van der Waals surface area contributed by atoms with Crippen LogP contribution in [0.4, 0.5) is 5.69 Å². The number of aryl methyl sites for hydroxylation is 1. The summed E-state index contributed by atoms with van der Waals surface area (Å²) in [5.41, 5.74) is 2.50. The van der Waals surface area contributed by atoms with Gasteiger partial charge in [0.15, 0.2) is 6.54 Å². The van der Waals surface area contributed by atoms with Crippen LogP contribution < -0.4 is 9.47 Å². The first-order chi connectivity index (χ1) is 18.5. The number of aromatic nitrogens is 1. The van der Waals surface area contributed by atoms with E-state index in [9.17, 15) is 31.0 Å². The van der Waals surface area contributed by atoms with E-state index < -0.39 is 26.0 Å². The summed E-state index contributed by atoms with van der Waals surface area (Å²) in [5.74, 6) is -0.848. The Balaban J connectivity index is 1.60. The van der Waals surface area contributed by atoms with E-state index in [0.29, 0.717) is 18.7 Å². The van der Waals surface area contributed by atoms with Crippen molar-refractivity contribution in [3.05, 3.63) is 70.2 Å². The Morgan fingerprint density at radius 1 is 1.00 bits per heavy atom. The molecule has 1 aliphatic heterocycles. The number of nitrogens with zero attached hydrogens (tertiary/aromatic N) is 2. The van der Waals surface area contributed by atoms with E-state index in [1.807, 2.05) is 65.6 Å². The summed E-state index contributed by atoms with van der Waals surface area (Å²) < 4.78 is 69.0. The van der Waals surface area contributed by atoms with Crippen LogP contribution in [0.3, 0.4) is 0 Å². The molecule has 0 spiro atoms. The number of hydrogen-bond donors (Lipinski definition) is 2. The zero-order valence-corrected chi connectivity index (χ0v) is 24.0. The maximum Gasteiger partial charge on any atom is 0.265 e. The summed E-state index contributed by atoms with van der Waals surface area (Å²) in [6.45, 7) is 0.503. The van der Waals surface area contributed by atoms with Crippen molar-refractivity contribution in [1.82, 2.24) is 0 Å². The average molecular weight is 607 g/mol. The van der Waals surface area contributed by atoms with Crippen LogP contribution in [-0.4, -0.2) is 49.1 Å². The highest BCUT2D eigenvalue weighted by Gasteiger charge is 2.29. The molecule has 206 valence electrons. The minimum absolute atomic E-state index is 0.137. The molecule has 5 rings (SSSR count). The van der Waals surface area contributed by atoms with Crippen molar-refractivity contribution >= 4 is 76.1 Å². The highest BCUT2D eigenvalue weighted by atomic mass is 32.2. The number of anilines is 1. The van der Waals surface area contributed by atoms with E-state index in [1.165, 1.54) is 11.8 Å². The lowest BCUT2D eigenvalue weighted by Gasteiger charge is -2.21. The molecule has 0 bridgehead atoms. The van der Waals surface area contributed by atoms with E-state index in [1.54, 1.807) is 11.3 Å². The SMILES string of the molecule is O=S(=O)([O-])CCCN1C(=Cc2sc3ccc4ccccc4c3[n+]2CCCS(=O)(=O)O)Sc2ccc(CO)cc21. The number of rotatable bonds is 10. The summed E-state index contributed by atoms with van der Waals surface area (Å²) in [6, 6.07) is 17.6. The molecule has 39 heavy (non-hydrogen) atoms. The molecule has 13 heteroatoms. The number of hydrogen-bond acceptors (Lipinski definition) is 9. The van der Waals surface area contributed by atoms with Crippen LogP contribution in [0.25, 0.3) is 27.1 Å². The molecular weight excluding hydrogens is 581 g/mol. The lowest BCUT2D eigenvalue weighted by Crippen LogP contribution is -2.36. The molecule has 0 amide bonds. The topological polar surface area (TPSA) is 139 Å². The lowest BCUT2D eigenvalue weighted by molar-refractivity contribution is -0.667. The Labute approximate surface area is 234 Å². The van der Waals surface area contributed by atoms with Gasteiger partial charge in [0.2, 0.25) is 5.52 Å². The van der Waals surface area contributed by atoms with Crippen molar-refractivity contribution < 1.29 is 35.6 Å². The fourth-order valence-electron chi connectivity index (χ4n) is 4.70. The Kier molecular flexibility index (Phi) is 8.02. The molecule has 2 N–H and O–H groups in total. The van der Waals surface area contributed by atoms with Gasteiger partial charge >= 0.3 is 0 Å². The first-order valence-electron chi connectivity index (χ1n) is 12.2. The molecule has 2 heterocycles. The van der Waals surface area contributed by atoms with Gasteiger partial charge in [-0.3, -0.25) is 4.55 Å². The molecule has 1 aliphatic rings. The molecule has 4 aromatic rings. The molecule has 0 unspecified atom stereocenters. The number of aliphatic hydroxyl groups excluding tert-OH is 1. The minimum atomic E-state index is -4.36. The van der Waals surface area contributed by atoms with E-state index in [2.05, 4.69) is 4.57 Å². The van der Waals surface area contributed by atoms with Crippen LogP contribution in [0.1, 0.15) is 23.4 Å². The molecule has 3 aromatic carbocycles. The third-order valence-corrected chi connectivity index (χ3v) is 10.2. The van der Waals surface area contributed by atoms with Crippen LogP contribution in [0.5, 0.6) is 0 Å². The zero-order valence-electron chi connectivity index (χ0n) is 20.7. The fraction of sp³-hybridized carbons (Fsp3) is 0.269. The van der Waals surface area contributed by atoms with E-state index in [-0.39, 0.29) is 25.2 Å². The van der Waals surface area contributed by atoms with Gasteiger partial charge in [0.25, 0.3) is 15.1 Å². The van der Waals surface area contributed by atoms with Gasteiger partial charge in [-0.05, 0) is 41.6 Å². The third-order valence-electron chi connectivity index (χ3n) is 6.40. The highest BCUT2D eigenvalue weighted by Crippen LogP contribution is 2.47. The number of thiazole rings is 1. The van der Waals surface area contributed by atoms with Gasteiger partial charge in [0.1, 0.15) is 4.70 Å². The van der Waals surface area contributed by atoms with Crippen molar-refractivity contribution in [1.29, 1.82) is 0 Å². The molecule has 0 radical (unpaired) electrons. The molecule has 0 saturated carbocycles. The largest absolute Gasteiger partial charge is 0.748 e. The second-order valence-electron chi connectivity index (χ2n) is 9.18. The first kappa shape index (κ1) is 28.0. The summed E-state index contributed by atoms with van der Waals surface area (Å²) in [5, 5.41) is 13.4. The quantitative estimate of drug-likeness (QED) is 0.203. The second kappa shape index (κ2) is 11.2. The smallest absolute Gasteiger partial charge is 0.265 e. The molecule has 0 aliphatic carbocycles. The maximum atomic E-state index is 11.4. The first-order valence-corrected chi connectivity index (χ1v) is 17.0. The van der Waals surface area contributed by atoms with Crippen molar-refractivity contribution in [2.45, 2.75) is 30.9 Å². The van der Waals surface area contributed by atoms with Crippen LogP contribution >= 0.6 is 23.1 Å². The number of thioether (sulfide) groups is 1. The van der Waals surface area contributed by atoms with Gasteiger partial charge in [-0.2, -0.15) is 13.0 Å². The van der Waals surface area contributed by atoms with Crippen LogP contribution in [0.15, 0.2) is 64.5 Å². The minimum Gasteiger partial charge on any atom is -0.748 e. The molecule has 0 atom stereocenters. The van der Waals surface area contributed by atoms with Gasteiger partial charge in [0, 0.05) is 23.6 Å². The number of fused-ring (bicyclic) bond motifs is 4. The molecule has 1 aromatic heterocycles. The Hall–Kier alpha value is -2.52. The van der Waals surface area contributed by atoms with Crippen molar-refractivity contribution in [2.24, 2.45) is 0 Å². The standard InChI is InChI=1S/C26H26N2O7S4/c29-17-18-7-9-22-21(15-18)27(11-3-13-38(30,31)32)24(36-22)16-25-28(12-4-14-39(33,34)35)26-20-6-2-1-5-19(20)8-10-23(26)37-25/h1-2,5-10,15-16,29H,3-4,11-14,17H2,(H-,30,31,32,33,34,35). The van der Waals surface area contributed by atoms with E-state index in [4.69, 9.17) is 0 Å². The average Bonchev–Trinajstić information content (AvgIpc) is 3.40. The van der Waals surface area contributed by atoms with Gasteiger partial charge in [-0.25, -0.2) is 8.42 Å². The summed E-state index contributed by atoms with van der Waals surface area (Å²) in [7, 11) is -8.48.